The van der Waals surface area contributed by atoms with Crippen LogP contribution in [-0.2, 0) is 4.79 Å². The molecule has 0 saturated carbocycles. The molecule has 0 radical (unpaired) electrons. The van der Waals surface area contributed by atoms with Crippen LogP contribution in [0.1, 0.15) is 17.3 Å². The van der Waals surface area contributed by atoms with Crippen molar-refractivity contribution in [1.82, 2.24) is 9.97 Å². The zero-order valence-corrected chi connectivity index (χ0v) is 16.3. The monoisotopic (exact) mass is 403 g/mol. The van der Waals surface area contributed by atoms with Crippen molar-refractivity contribution in [3.8, 4) is 0 Å². The number of carbonyl (C=O) groups is 2. The third kappa shape index (κ3) is 4.56. The van der Waals surface area contributed by atoms with Crippen LogP contribution >= 0.6 is 11.3 Å². The van der Waals surface area contributed by atoms with Crippen LogP contribution in [0, 0.1) is 0 Å². The van der Waals surface area contributed by atoms with E-state index in [1.807, 2.05) is 24.3 Å². The van der Waals surface area contributed by atoms with Crippen molar-refractivity contribution in [2.24, 2.45) is 0 Å². The zero-order valence-electron chi connectivity index (χ0n) is 15.5. The molecule has 2 heterocycles. The molecule has 29 heavy (non-hydrogen) atoms. The van der Waals surface area contributed by atoms with Gasteiger partial charge in [0.05, 0.1) is 10.2 Å². The van der Waals surface area contributed by atoms with E-state index in [9.17, 15) is 9.59 Å². The van der Waals surface area contributed by atoms with E-state index < -0.39 is 0 Å². The highest BCUT2D eigenvalue weighted by Crippen LogP contribution is 2.29. The quantitative estimate of drug-likeness (QED) is 0.451. The lowest BCUT2D eigenvalue weighted by molar-refractivity contribution is -0.114. The van der Waals surface area contributed by atoms with Crippen molar-refractivity contribution in [1.29, 1.82) is 0 Å². The van der Waals surface area contributed by atoms with Gasteiger partial charge in [0.15, 0.2) is 5.13 Å². The number of benzene rings is 2. The summed E-state index contributed by atoms with van der Waals surface area (Å²) in [6, 6.07) is 16.1. The summed E-state index contributed by atoms with van der Waals surface area (Å²) in [5, 5.41) is 9.54. The molecule has 7 nitrogen and oxygen atoms in total. The normalized spacial score (nSPS) is 10.5. The standard InChI is InChI=1S/C21H17N5O2S/c1-13(27)23-15-3-5-16(6-4-15)24-20(28)14-2-7-18-19(12-14)29-21(26-18)25-17-8-10-22-11-9-17/h2-12H,1H3,(H,23,27)(H,24,28)(H,22,25,26). The van der Waals surface area contributed by atoms with Crippen molar-refractivity contribution < 1.29 is 9.59 Å². The smallest absolute Gasteiger partial charge is 0.255 e. The first-order chi connectivity index (χ1) is 14.1. The van der Waals surface area contributed by atoms with E-state index in [2.05, 4.69) is 25.9 Å². The summed E-state index contributed by atoms with van der Waals surface area (Å²) < 4.78 is 0.912. The molecule has 0 aliphatic rings. The number of pyridine rings is 1. The molecule has 144 valence electrons. The number of rotatable bonds is 5. The van der Waals surface area contributed by atoms with E-state index in [1.165, 1.54) is 18.3 Å². The second-order valence-corrected chi connectivity index (χ2v) is 7.31. The van der Waals surface area contributed by atoms with E-state index in [4.69, 9.17) is 0 Å². The Kier molecular flexibility index (Phi) is 5.17. The summed E-state index contributed by atoms with van der Waals surface area (Å²) in [5.41, 5.74) is 3.59. The largest absolute Gasteiger partial charge is 0.331 e. The maximum absolute atomic E-state index is 12.6. The third-order valence-electron chi connectivity index (χ3n) is 4.05. The third-order valence-corrected chi connectivity index (χ3v) is 4.98. The Bertz CT molecular complexity index is 1170. The lowest BCUT2D eigenvalue weighted by atomic mass is 10.2. The predicted molar refractivity (Wildman–Crippen MR) is 116 cm³/mol. The Hall–Kier alpha value is -3.78. The van der Waals surface area contributed by atoms with Gasteiger partial charge >= 0.3 is 0 Å². The molecule has 0 unspecified atom stereocenters. The molecule has 4 aromatic rings. The van der Waals surface area contributed by atoms with Crippen molar-refractivity contribution in [3.63, 3.8) is 0 Å². The molecule has 2 aromatic heterocycles. The fourth-order valence-electron chi connectivity index (χ4n) is 2.72. The fraction of sp³-hybridized carbons (Fsp3) is 0.0476. The van der Waals surface area contributed by atoms with Crippen LogP contribution in [0.25, 0.3) is 10.2 Å². The van der Waals surface area contributed by atoms with E-state index in [-0.39, 0.29) is 11.8 Å². The molecular formula is C21H17N5O2S. The molecule has 0 spiro atoms. The Balaban J connectivity index is 1.48. The van der Waals surface area contributed by atoms with Crippen LogP contribution in [0.3, 0.4) is 0 Å². The van der Waals surface area contributed by atoms with E-state index in [0.29, 0.717) is 16.9 Å². The molecule has 0 aliphatic heterocycles. The van der Waals surface area contributed by atoms with Crippen molar-refractivity contribution in [3.05, 3.63) is 72.6 Å². The van der Waals surface area contributed by atoms with E-state index in [0.717, 1.165) is 21.0 Å². The summed E-state index contributed by atoms with van der Waals surface area (Å²) in [4.78, 5) is 32.2. The number of nitrogens with zero attached hydrogens (tertiary/aromatic N) is 2. The van der Waals surface area contributed by atoms with Crippen molar-refractivity contribution >= 4 is 55.6 Å². The highest BCUT2D eigenvalue weighted by atomic mass is 32.1. The number of hydrogen-bond donors (Lipinski definition) is 3. The molecule has 0 atom stereocenters. The minimum absolute atomic E-state index is 0.141. The zero-order chi connectivity index (χ0) is 20.2. The van der Waals surface area contributed by atoms with Gasteiger partial charge < -0.3 is 16.0 Å². The summed E-state index contributed by atoms with van der Waals surface area (Å²) in [6.07, 6.45) is 3.42. The predicted octanol–water partition coefficient (Wildman–Crippen LogP) is 4.65. The number of hydrogen-bond acceptors (Lipinski definition) is 6. The second-order valence-electron chi connectivity index (χ2n) is 6.28. The minimum Gasteiger partial charge on any atom is -0.331 e. The minimum atomic E-state index is -0.212. The summed E-state index contributed by atoms with van der Waals surface area (Å²) >= 11 is 1.47. The van der Waals surface area contributed by atoms with Gasteiger partial charge in [-0.05, 0) is 54.6 Å². The summed E-state index contributed by atoms with van der Waals surface area (Å²) in [7, 11) is 0. The molecule has 0 aliphatic carbocycles. The fourth-order valence-corrected chi connectivity index (χ4v) is 3.65. The maximum atomic E-state index is 12.6. The Morgan fingerprint density at radius 2 is 1.55 bits per heavy atom. The first-order valence-electron chi connectivity index (χ1n) is 8.83. The average molecular weight is 403 g/mol. The van der Waals surface area contributed by atoms with Gasteiger partial charge in [-0.25, -0.2) is 4.98 Å². The van der Waals surface area contributed by atoms with Gasteiger partial charge in [0, 0.05) is 41.9 Å². The number of thiazole rings is 1. The SMILES string of the molecule is CC(=O)Nc1ccc(NC(=O)c2ccc3nc(Nc4ccncc4)sc3c2)cc1. The summed E-state index contributed by atoms with van der Waals surface area (Å²) in [5.74, 6) is -0.353. The number of aromatic nitrogens is 2. The highest BCUT2D eigenvalue weighted by Gasteiger charge is 2.10. The molecule has 0 saturated heterocycles. The number of anilines is 4. The van der Waals surface area contributed by atoms with Gasteiger partial charge in [-0.1, -0.05) is 11.3 Å². The molecule has 4 rings (SSSR count). The van der Waals surface area contributed by atoms with Gasteiger partial charge in [-0.2, -0.15) is 0 Å². The Morgan fingerprint density at radius 3 is 2.24 bits per heavy atom. The van der Waals surface area contributed by atoms with Crippen molar-refractivity contribution in [2.75, 3.05) is 16.0 Å². The first-order valence-corrected chi connectivity index (χ1v) is 9.65. The second kappa shape index (κ2) is 8.07. The lowest BCUT2D eigenvalue weighted by Gasteiger charge is -2.07. The Labute approximate surface area is 170 Å². The van der Waals surface area contributed by atoms with Gasteiger partial charge in [-0.15, -0.1) is 0 Å². The molecule has 3 N–H and O–H groups in total. The topological polar surface area (TPSA) is 96.0 Å². The van der Waals surface area contributed by atoms with Crippen LogP contribution in [0.5, 0.6) is 0 Å². The number of fused-ring (bicyclic) bond motifs is 1. The Morgan fingerprint density at radius 1 is 0.862 bits per heavy atom. The first kappa shape index (κ1) is 18.6. The van der Waals surface area contributed by atoms with Crippen molar-refractivity contribution in [2.45, 2.75) is 6.92 Å². The molecule has 2 amide bonds. The maximum Gasteiger partial charge on any atom is 0.255 e. The summed E-state index contributed by atoms with van der Waals surface area (Å²) in [6.45, 7) is 1.45. The van der Waals surface area contributed by atoms with E-state index >= 15 is 0 Å². The van der Waals surface area contributed by atoms with E-state index in [1.54, 1.807) is 42.7 Å². The number of nitrogens with one attached hydrogen (secondary N) is 3. The van der Waals surface area contributed by atoms with Gasteiger partial charge in [-0.3, -0.25) is 14.6 Å². The molecule has 0 fully saturated rings. The number of carbonyl (C=O) groups excluding carboxylic acids is 2. The molecule has 8 heteroatoms. The van der Waals surface area contributed by atoms with Gasteiger partial charge in [0.1, 0.15) is 0 Å². The van der Waals surface area contributed by atoms with Crippen LogP contribution < -0.4 is 16.0 Å². The highest BCUT2D eigenvalue weighted by molar-refractivity contribution is 7.22. The van der Waals surface area contributed by atoms with Crippen LogP contribution in [0.4, 0.5) is 22.2 Å². The van der Waals surface area contributed by atoms with Crippen LogP contribution in [0.15, 0.2) is 67.0 Å². The molecule has 2 aromatic carbocycles. The lowest BCUT2D eigenvalue weighted by Crippen LogP contribution is -2.12. The molecule has 0 bridgehead atoms. The van der Waals surface area contributed by atoms with Gasteiger partial charge in [0.25, 0.3) is 5.91 Å². The average Bonchev–Trinajstić information content (AvgIpc) is 3.11. The van der Waals surface area contributed by atoms with Crippen LogP contribution in [-0.4, -0.2) is 21.8 Å². The van der Waals surface area contributed by atoms with Crippen LogP contribution in [0.2, 0.25) is 0 Å². The number of amides is 2. The van der Waals surface area contributed by atoms with Gasteiger partial charge in [0.2, 0.25) is 5.91 Å². The molecular weight excluding hydrogens is 386 g/mol.